The number of sulfonamides is 1. The topological polar surface area (TPSA) is 105 Å². The van der Waals surface area contributed by atoms with Gasteiger partial charge in [0, 0.05) is 31.9 Å². The molecule has 13 heteroatoms. The monoisotopic (exact) mass is 515 g/mol. The van der Waals surface area contributed by atoms with Crippen molar-refractivity contribution in [3.63, 3.8) is 0 Å². The van der Waals surface area contributed by atoms with Crippen molar-refractivity contribution in [2.45, 2.75) is 18.0 Å². The van der Waals surface area contributed by atoms with Gasteiger partial charge in [0.05, 0.1) is 17.1 Å². The maximum absolute atomic E-state index is 12.9. The van der Waals surface area contributed by atoms with Crippen LogP contribution in [0.5, 0.6) is 5.75 Å². The zero-order chi connectivity index (χ0) is 25.6. The molecule has 0 bridgehead atoms. The summed E-state index contributed by atoms with van der Waals surface area (Å²) in [6.07, 6.45) is -5.03. The third kappa shape index (κ3) is 7.01. The summed E-state index contributed by atoms with van der Waals surface area (Å²) in [5.74, 6) is -0.0575. The van der Waals surface area contributed by atoms with Crippen LogP contribution in [0.1, 0.15) is 12.5 Å². The average molecular weight is 516 g/mol. The summed E-state index contributed by atoms with van der Waals surface area (Å²) in [5.41, 5.74) is -1.21. The Kier molecular flexibility index (Phi) is 8.10. The summed E-state index contributed by atoms with van der Waals surface area (Å²) in [6.45, 7) is 3.05. The molecule has 35 heavy (non-hydrogen) atoms. The predicted octanol–water partition coefficient (Wildman–Crippen LogP) is 3.19. The number of carbonyl (C=O) groups is 2. The molecule has 1 aliphatic heterocycles. The Hall–Kier alpha value is -3.48. The zero-order valence-corrected chi connectivity index (χ0v) is 19.6. The van der Waals surface area contributed by atoms with E-state index in [4.69, 9.17) is 9.47 Å². The van der Waals surface area contributed by atoms with Gasteiger partial charge in [-0.3, -0.25) is 9.52 Å². The molecule has 2 amide bonds. The first-order valence-electron chi connectivity index (χ1n) is 10.6. The maximum atomic E-state index is 12.9. The lowest BCUT2D eigenvalue weighted by atomic mass is 10.2. The third-order valence-corrected chi connectivity index (χ3v) is 6.49. The van der Waals surface area contributed by atoms with E-state index in [1.807, 2.05) is 0 Å². The molecule has 0 radical (unpaired) electrons. The average Bonchev–Trinajstić information content (AvgIpc) is 2.82. The number of nitrogens with zero attached hydrogens (tertiary/aromatic N) is 2. The summed E-state index contributed by atoms with van der Waals surface area (Å²) in [5, 5.41) is 0. The van der Waals surface area contributed by atoms with Gasteiger partial charge in [0.15, 0.2) is 6.61 Å². The quantitative estimate of drug-likeness (QED) is 0.607. The molecule has 190 valence electrons. The molecule has 0 atom stereocenters. The Morgan fingerprint density at radius 1 is 1.00 bits per heavy atom. The van der Waals surface area contributed by atoms with E-state index in [0.29, 0.717) is 32.2 Å². The van der Waals surface area contributed by atoms with Crippen LogP contribution < -0.4 is 9.46 Å². The number of ether oxygens (including phenoxy) is 2. The SMILES string of the molecule is CCOC(=O)N1CCN(C(=O)COc2ccc(S(=O)(=O)Nc3cccc(C(F)(F)F)c3)cc2)CC1. The Morgan fingerprint density at radius 2 is 1.63 bits per heavy atom. The van der Waals surface area contributed by atoms with Crippen molar-refractivity contribution in [1.29, 1.82) is 0 Å². The van der Waals surface area contributed by atoms with Crippen LogP contribution >= 0.6 is 0 Å². The van der Waals surface area contributed by atoms with Crippen molar-refractivity contribution in [2.24, 2.45) is 0 Å². The van der Waals surface area contributed by atoms with Crippen molar-refractivity contribution in [2.75, 3.05) is 44.1 Å². The number of anilines is 1. The van der Waals surface area contributed by atoms with Crippen LogP contribution in [0, 0.1) is 0 Å². The molecule has 1 saturated heterocycles. The van der Waals surface area contributed by atoms with Crippen molar-refractivity contribution in [1.82, 2.24) is 9.80 Å². The van der Waals surface area contributed by atoms with Gasteiger partial charge in [-0.25, -0.2) is 13.2 Å². The zero-order valence-electron chi connectivity index (χ0n) is 18.7. The van der Waals surface area contributed by atoms with E-state index in [-0.39, 0.29) is 35.5 Å². The van der Waals surface area contributed by atoms with Gasteiger partial charge in [-0.1, -0.05) is 6.07 Å². The lowest BCUT2D eigenvalue weighted by molar-refractivity contribution is -0.137. The van der Waals surface area contributed by atoms with Crippen LogP contribution in [-0.2, 0) is 25.7 Å². The largest absolute Gasteiger partial charge is 0.484 e. The van der Waals surface area contributed by atoms with E-state index >= 15 is 0 Å². The molecular weight excluding hydrogens is 491 g/mol. The highest BCUT2D eigenvalue weighted by atomic mass is 32.2. The molecule has 1 heterocycles. The van der Waals surface area contributed by atoms with Gasteiger partial charge in [-0.05, 0) is 49.4 Å². The minimum absolute atomic E-state index is 0.191. The van der Waals surface area contributed by atoms with Gasteiger partial charge in [0.25, 0.3) is 15.9 Å². The number of alkyl halides is 3. The van der Waals surface area contributed by atoms with Crippen molar-refractivity contribution in [3.05, 3.63) is 54.1 Å². The van der Waals surface area contributed by atoms with Crippen molar-refractivity contribution >= 4 is 27.7 Å². The molecule has 0 saturated carbocycles. The molecule has 9 nitrogen and oxygen atoms in total. The normalized spacial score (nSPS) is 14.4. The predicted molar refractivity (Wildman–Crippen MR) is 119 cm³/mol. The van der Waals surface area contributed by atoms with Gasteiger partial charge >= 0.3 is 12.3 Å². The number of rotatable bonds is 7. The van der Waals surface area contributed by atoms with E-state index in [9.17, 15) is 31.2 Å². The van der Waals surface area contributed by atoms with E-state index in [1.165, 1.54) is 35.2 Å². The van der Waals surface area contributed by atoms with Gasteiger partial charge in [0.2, 0.25) is 0 Å². The van der Waals surface area contributed by atoms with Crippen LogP contribution in [0.25, 0.3) is 0 Å². The third-order valence-electron chi connectivity index (χ3n) is 5.10. The van der Waals surface area contributed by atoms with Gasteiger partial charge in [0.1, 0.15) is 5.75 Å². The van der Waals surface area contributed by atoms with Gasteiger partial charge in [-0.2, -0.15) is 13.2 Å². The molecule has 1 fully saturated rings. The number of carbonyl (C=O) groups excluding carboxylic acids is 2. The van der Waals surface area contributed by atoms with E-state index in [2.05, 4.69) is 4.72 Å². The molecule has 0 aromatic heterocycles. The first kappa shape index (κ1) is 26.1. The van der Waals surface area contributed by atoms with Crippen LogP contribution in [0.2, 0.25) is 0 Å². The smallest absolute Gasteiger partial charge is 0.416 e. The van der Waals surface area contributed by atoms with Gasteiger partial charge in [-0.15, -0.1) is 0 Å². The summed E-state index contributed by atoms with van der Waals surface area (Å²) in [6, 6.07) is 8.97. The fraction of sp³-hybridized carbons (Fsp3) is 0.364. The Balaban J connectivity index is 1.53. The Morgan fingerprint density at radius 3 is 2.23 bits per heavy atom. The van der Waals surface area contributed by atoms with E-state index < -0.39 is 27.9 Å². The summed E-state index contributed by atoms with van der Waals surface area (Å²) < 4.78 is 76.1. The van der Waals surface area contributed by atoms with Crippen LogP contribution in [0.3, 0.4) is 0 Å². The number of hydrogen-bond donors (Lipinski definition) is 1. The molecule has 0 spiro atoms. The number of halogens is 3. The molecule has 1 N–H and O–H groups in total. The number of benzene rings is 2. The Labute approximate surface area is 200 Å². The first-order chi connectivity index (χ1) is 16.5. The fourth-order valence-corrected chi connectivity index (χ4v) is 4.33. The highest BCUT2D eigenvalue weighted by Crippen LogP contribution is 2.31. The fourth-order valence-electron chi connectivity index (χ4n) is 3.28. The Bertz CT molecular complexity index is 1150. The van der Waals surface area contributed by atoms with Crippen LogP contribution in [0.15, 0.2) is 53.4 Å². The minimum atomic E-state index is -4.60. The molecule has 2 aromatic rings. The standard InChI is InChI=1S/C22H24F3N3O6S/c1-2-33-21(30)28-12-10-27(11-13-28)20(29)15-34-18-6-8-19(9-7-18)35(31,32)26-17-5-3-4-16(14-17)22(23,24)25/h3-9,14,26H,2,10-13,15H2,1H3. The van der Waals surface area contributed by atoms with E-state index in [0.717, 1.165) is 12.1 Å². The summed E-state index contributed by atoms with van der Waals surface area (Å²) in [7, 11) is -4.15. The van der Waals surface area contributed by atoms with Crippen LogP contribution in [0.4, 0.5) is 23.7 Å². The number of amides is 2. The molecule has 0 aliphatic carbocycles. The highest BCUT2D eigenvalue weighted by Gasteiger charge is 2.31. The second-order valence-electron chi connectivity index (χ2n) is 7.51. The number of nitrogens with one attached hydrogen (secondary N) is 1. The molecule has 2 aromatic carbocycles. The second-order valence-corrected chi connectivity index (χ2v) is 9.19. The molecule has 0 unspecified atom stereocenters. The molecule has 3 rings (SSSR count). The number of piperazine rings is 1. The van der Waals surface area contributed by atoms with Crippen molar-refractivity contribution < 1.29 is 40.7 Å². The lowest BCUT2D eigenvalue weighted by Gasteiger charge is -2.33. The molecular formula is C22H24F3N3O6S. The second kappa shape index (κ2) is 10.8. The van der Waals surface area contributed by atoms with E-state index in [1.54, 1.807) is 11.8 Å². The summed E-state index contributed by atoms with van der Waals surface area (Å²) >= 11 is 0. The molecule has 1 aliphatic rings. The lowest BCUT2D eigenvalue weighted by Crippen LogP contribution is -2.51. The highest BCUT2D eigenvalue weighted by molar-refractivity contribution is 7.92. The minimum Gasteiger partial charge on any atom is -0.484 e. The first-order valence-corrected chi connectivity index (χ1v) is 12.1. The number of hydrogen-bond acceptors (Lipinski definition) is 6. The van der Waals surface area contributed by atoms with Gasteiger partial charge < -0.3 is 19.3 Å². The summed E-state index contributed by atoms with van der Waals surface area (Å²) in [4.78, 5) is 27.0. The van der Waals surface area contributed by atoms with Crippen LogP contribution in [-0.4, -0.2) is 69.6 Å². The maximum Gasteiger partial charge on any atom is 0.416 e. The van der Waals surface area contributed by atoms with Crippen molar-refractivity contribution in [3.8, 4) is 5.75 Å².